The third-order valence-corrected chi connectivity index (χ3v) is 17.6. The van der Waals surface area contributed by atoms with Gasteiger partial charge in [-0.2, -0.15) is 0 Å². The monoisotopic (exact) mass is 482 g/mol. The first kappa shape index (κ1) is 24.8. The smallest absolute Gasteiger partial charge is 0.360 e. The molecule has 0 amide bonds. The Morgan fingerprint density at radius 3 is 1.03 bits per heavy atom. The fourth-order valence-corrected chi connectivity index (χ4v) is 16.7. The van der Waals surface area contributed by atoms with Crippen molar-refractivity contribution in [1.82, 2.24) is 0 Å². The van der Waals surface area contributed by atoms with E-state index in [1.165, 1.54) is 0 Å². The Morgan fingerprint density at radius 1 is 0.469 bits per heavy atom. The maximum atomic E-state index is 7.09. The van der Waals surface area contributed by atoms with Gasteiger partial charge in [0, 0.05) is 13.2 Å². The fraction of sp³-hybridized carbons (Fsp3) is 0.280. The van der Waals surface area contributed by atoms with Gasteiger partial charge in [-0.15, -0.1) is 0 Å². The average Bonchev–Trinajstić information content (AvgIpc) is 2.81. The Hall–Kier alpha value is -1.85. The van der Waals surface area contributed by atoms with E-state index in [1.54, 1.807) is 0 Å². The van der Waals surface area contributed by atoms with Gasteiger partial charge >= 0.3 is 25.7 Å². The van der Waals surface area contributed by atoms with Gasteiger partial charge in [0.15, 0.2) is 0 Å². The fourth-order valence-electron chi connectivity index (χ4n) is 4.00. The topological polar surface area (TPSA) is 36.9 Å². The van der Waals surface area contributed by atoms with Crippen molar-refractivity contribution in [3.8, 4) is 0 Å². The lowest BCUT2D eigenvalue weighted by atomic mass is 10.4. The minimum atomic E-state index is -2.96. The van der Waals surface area contributed by atoms with Crippen molar-refractivity contribution in [2.45, 2.75) is 33.5 Å². The zero-order valence-corrected chi connectivity index (χ0v) is 22.7. The molecule has 3 rings (SSSR count). The number of benzene rings is 3. The van der Waals surface area contributed by atoms with Gasteiger partial charge in [0.05, 0.1) is 0 Å². The summed E-state index contributed by atoms with van der Waals surface area (Å²) in [4.78, 5) is 0. The molecule has 2 unspecified atom stereocenters. The quantitative estimate of drug-likeness (QED) is 0.387. The molecule has 0 heterocycles. The Balaban J connectivity index is 2.08. The van der Waals surface area contributed by atoms with Crippen LogP contribution in [0.2, 0.25) is 19.6 Å². The highest BCUT2D eigenvalue weighted by atomic mass is 28.5. The van der Waals surface area contributed by atoms with Crippen LogP contribution in [0.4, 0.5) is 0 Å². The van der Waals surface area contributed by atoms with Crippen LogP contribution in [0.15, 0.2) is 91.0 Å². The molecule has 2 atom stereocenters. The van der Waals surface area contributed by atoms with Crippen molar-refractivity contribution in [2.24, 2.45) is 0 Å². The van der Waals surface area contributed by atoms with Crippen molar-refractivity contribution in [1.29, 1.82) is 0 Å². The Labute approximate surface area is 195 Å². The summed E-state index contributed by atoms with van der Waals surface area (Å²) >= 11 is 0. The summed E-state index contributed by atoms with van der Waals surface area (Å²) in [5.74, 6) is 0. The molecule has 170 valence electrons. The maximum Gasteiger partial charge on any atom is 0.360 e. The first-order valence-corrected chi connectivity index (χ1v) is 18.1. The average molecular weight is 483 g/mol. The van der Waals surface area contributed by atoms with Crippen LogP contribution in [0, 0.1) is 0 Å². The van der Waals surface area contributed by atoms with Crippen molar-refractivity contribution in [3.63, 3.8) is 0 Å². The van der Waals surface area contributed by atoms with Crippen LogP contribution >= 0.6 is 0 Å². The van der Waals surface area contributed by atoms with Gasteiger partial charge in [0.1, 0.15) is 0 Å². The van der Waals surface area contributed by atoms with Gasteiger partial charge in [0.2, 0.25) is 0 Å². The van der Waals surface area contributed by atoms with Crippen LogP contribution in [0.5, 0.6) is 0 Å². The molecule has 32 heavy (non-hydrogen) atoms. The molecular formula is C25H34O4Si3. The van der Waals surface area contributed by atoms with E-state index in [9.17, 15) is 0 Å². The third kappa shape index (κ3) is 5.74. The molecule has 0 N–H and O–H groups in total. The highest BCUT2D eigenvalue weighted by Crippen LogP contribution is 2.23. The predicted molar refractivity (Wildman–Crippen MR) is 139 cm³/mol. The van der Waals surface area contributed by atoms with Crippen molar-refractivity contribution >= 4 is 41.2 Å². The molecule has 0 saturated heterocycles. The summed E-state index contributed by atoms with van der Waals surface area (Å²) in [6.07, 6.45) is 0. The minimum Gasteiger partial charge on any atom is -0.408 e. The standard InChI is InChI=1S/C25H34O4Si3/c1-6-26-30(3,23-17-11-8-12-18-23)28-32(5,25-21-15-10-16-22-25)29-31(4,27-7-2)24-19-13-9-14-20-24/h8-22H,6-7H2,1-5H3. The molecule has 0 spiro atoms. The molecule has 0 aliphatic carbocycles. The molecule has 7 heteroatoms. The molecule has 0 aliphatic heterocycles. The largest absolute Gasteiger partial charge is 0.408 e. The van der Waals surface area contributed by atoms with Gasteiger partial charge in [-0.3, -0.25) is 0 Å². The summed E-state index contributed by atoms with van der Waals surface area (Å²) in [6.45, 7) is 11.6. The van der Waals surface area contributed by atoms with Crippen molar-refractivity contribution < 1.29 is 17.1 Å². The van der Waals surface area contributed by atoms with Crippen LogP contribution in [-0.2, 0) is 17.1 Å². The van der Waals surface area contributed by atoms with E-state index in [2.05, 4.69) is 56.0 Å². The molecule has 0 radical (unpaired) electrons. The van der Waals surface area contributed by atoms with E-state index in [-0.39, 0.29) is 0 Å². The Bertz CT molecular complexity index is 901. The van der Waals surface area contributed by atoms with E-state index in [4.69, 9.17) is 17.1 Å². The minimum absolute atomic E-state index is 0.579. The van der Waals surface area contributed by atoms with E-state index in [0.29, 0.717) is 13.2 Å². The highest BCUT2D eigenvalue weighted by Gasteiger charge is 2.51. The molecule has 4 nitrogen and oxygen atoms in total. The van der Waals surface area contributed by atoms with Crippen molar-refractivity contribution in [2.75, 3.05) is 13.2 Å². The van der Waals surface area contributed by atoms with Crippen LogP contribution in [0.3, 0.4) is 0 Å². The van der Waals surface area contributed by atoms with E-state index < -0.39 is 25.7 Å². The van der Waals surface area contributed by atoms with Gasteiger partial charge in [-0.1, -0.05) is 91.0 Å². The van der Waals surface area contributed by atoms with Crippen LogP contribution < -0.4 is 15.6 Å². The molecule has 0 saturated carbocycles. The number of hydrogen-bond acceptors (Lipinski definition) is 4. The molecule has 0 fully saturated rings. The molecule has 0 aliphatic rings. The van der Waals surface area contributed by atoms with Crippen LogP contribution in [0.1, 0.15) is 13.8 Å². The molecule has 0 bridgehead atoms. The van der Waals surface area contributed by atoms with Crippen LogP contribution in [-0.4, -0.2) is 38.9 Å². The molecule has 0 aromatic heterocycles. The third-order valence-electron chi connectivity index (χ3n) is 5.51. The second-order valence-electron chi connectivity index (χ2n) is 8.01. The second-order valence-corrected chi connectivity index (χ2v) is 17.6. The Kier molecular flexibility index (Phi) is 8.40. The molecule has 3 aromatic rings. The summed E-state index contributed by atoms with van der Waals surface area (Å²) in [5.41, 5.74) is 0. The zero-order valence-electron chi connectivity index (χ0n) is 19.7. The van der Waals surface area contributed by atoms with Gasteiger partial charge < -0.3 is 17.1 Å². The lowest BCUT2D eigenvalue weighted by molar-refractivity contribution is 0.224. The first-order chi connectivity index (χ1) is 15.4. The van der Waals surface area contributed by atoms with Crippen LogP contribution in [0.25, 0.3) is 0 Å². The van der Waals surface area contributed by atoms with Gasteiger partial charge in [-0.25, -0.2) is 0 Å². The molecule has 3 aromatic carbocycles. The summed E-state index contributed by atoms with van der Waals surface area (Å²) in [7, 11) is -8.49. The SMILES string of the molecule is CCO[Si](C)(O[Si](C)(O[Si](C)(OCC)c1ccccc1)c1ccccc1)c1ccccc1. The second kappa shape index (κ2) is 10.8. The summed E-state index contributed by atoms with van der Waals surface area (Å²) in [6, 6.07) is 30.9. The van der Waals surface area contributed by atoms with Crippen molar-refractivity contribution in [3.05, 3.63) is 91.0 Å². The highest BCUT2D eigenvalue weighted by molar-refractivity contribution is 6.98. The number of rotatable bonds is 11. The predicted octanol–water partition coefficient (Wildman–Crippen LogP) is 4.03. The number of hydrogen-bond donors (Lipinski definition) is 0. The normalized spacial score (nSPS) is 17.2. The Morgan fingerprint density at radius 2 is 0.750 bits per heavy atom. The maximum absolute atomic E-state index is 7.09. The van der Waals surface area contributed by atoms with Gasteiger partial charge in [-0.05, 0) is 49.0 Å². The summed E-state index contributed by atoms with van der Waals surface area (Å²) in [5, 5.41) is 3.27. The van der Waals surface area contributed by atoms with E-state index in [1.807, 2.05) is 68.4 Å². The van der Waals surface area contributed by atoms with E-state index >= 15 is 0 Å². The van der Waals surface area contributed by atoms with E-state index in [0.717, 1.165) is 15.6 Å². The molecular weight excluding hydrogens is 449 g/mol. The van der Waals surface area contributed by atoms with Gasteiger partial charge in [0.25, 0.3) is 0 Å². The zero-order chi connectivity index (χ0) is 23.1. The first-order valence-electron chi connectivity index (χ1n) is 11.2. The summed E-state index contributed by atoms with van der Waals surface area (Å²) < 4.78 is 26.9. The lowest BCUT2D eigenvalue weighted by Crippen LogP contribution is -2.69. The lowest BCUT2D eigenvalue weighted by Gasteiger charge is -2.42.